The molecular formula is C15H20N2O3S. The van der Waals surface area contributed by atoms with Gasteiger partial charge in [-0.2, -0.15) is 0 Å². The number of benzene rings is 1. The molecule has 2 fully saturated rings. The lowest BCUT2D eigenvalue weighted by Gasteiger charge is -2.42. The lowest BCUT2D eigenvalue weighted by Crippen LogP contribution is -2.70. The molecule has 1 aromatic carbocycles. The molecule has 6 heteroatoms. The van der Waals surface area contributed by atoms with Crippen molar-refractivity contribution in [3.63, 3.8) is 0 Å². The first-order valence-electron chi connectivity index (χ1n) is 7.30. The van der Waals surface area contributed by atoms with Crippen molar-refractivity contribution in [3.8, 4) is 0 Å². The summed E-state index contributed by atoms with van der Waals surface area (Å²) in [6.07, 6.45) is 1.60. The number of amides is 1. The number of hydrogen-bond donors (Lipinski definition) is 2. The van der Waals surface area contributed by atoms with Crippen molar-refractivity contribution in [1.29, 1.82) is 0 Å². The summed E-state index contributed by atoms with van der Waals surface area (Å²) in [6, 6.07) is 9.58. The predicted octanol–water partition coefficient (Wildman–Crippen LogP) is 0.265. The van der Waals surface area contributed by atoms with Gasteiger partial charge in [0.05, 0.1) is 11.8 Å². The average molecular weight is 308 g/mol. The highest BCUT2D eigenvalue weighted by Crippen LogP contribution is 2.36. The largest absolute Gasteiger partial charge is 0.352 e. The highest BCUT2D eigenvalue weighted by molar-refractivity contribution is 7.93. The Balaban J connectivity index is 1.58. The molecule has 2 aliphatic heterocycles. The zero-order valence-electron chi connectivity index (χ0n) is 11.8. The number of carbonyl (C=O) groups excluding carboxylic acids is 1. The van der Waals surface area contributed by atoms with Crippen LogP contribution in [0.2, 0.25) is 0 Å². The van der Waals surface area contributed by atoms with Gasteiger partial charge < -0.3 is 10.6 Å². The molecule has 0 saturated carbocycles. The molecule has 2 aliphatic rings. The van der Waals surface area contributed by atoms with Crippen molar-refractivity contribution in [2.45, 2.75) is 30.1 Å². The van der Waals surface area contributed by atoms with Crippen molar-refractivity contribution in [3.05, 3.63) is 35.9 Å². The maximum atomic E-state index is 12.1. The number of rotatable bonds is 4. The minimum absolute atomic E-state index is 0.0628. The van der Waals surface area contributed by atoms with Gasteiger partial charge in [0.2, 0.25) is 5.91 Å². The Labute approximate surface area is 125 Å². The van der Waals surface area contributed by atoms with Crippen LogP contribution in [0, 0.1) is 0 Å². The molecule has 1 spiro atoms. The third-order valence-electron chi connectivity index (χ3n) is 4.60. The SMILES string of the molecule is O=C(CCc1ccccc1)NC1CCS(=O)(=O)C12CNC2. The zero-order chi connectivity index (χ0) is 14.9. The molecule has 1 amide bonds. The first kappa shape index (κ1) is 14.5. The second kappa shape index (κ2) is 5.42. The van der Waals surface area contributed by atoms with Crippen LogP contribution in [-0.4, -0.2) is 44.0 Å². The minimum atomic E-state index is -3.09. The van der Waals surface area contributed by atoms with Gasteiger partial charge in [-0.1, -0.05) is 30.3 Å². The Hall–Kier alpha value is -1.40. The van der Waals surface area contributed by atoms with Crippen LogP contribution in [0.3, 0.4) is 0 Å². The van der Waals surface area contributed by atoms with E-state index in [-0.39, 0.29) is 17.7 Å². The first-order chi connectivity index (χ1) is 10.0. The van der Waals surface area contributed by atoms with Gasteiger partial charge in [-0.05, 0) is 18.4 Å². The molecule has 1 aromatic rings. The summed E-state index contributed by atoms with van der Waals surface area (Å²) in [6.45, 7) is 0.915. The standard InChI is InChI=1S/C15H20N2O3S/c18-14(7-6-12-4-2-1-3-5-12)17-13-8-9-21(19,20)15(13)10-16-11-15/h1-5,13,16H,6-11H2,(H,17,18). The zero-order valence-corrected chi connectivity index (χ0v) is 12.7. The highest BCUT2D eigenvalue weighted by Gasteiger charge is 2.58. The van der Waals surface area contributed by atoms with E-state index in [1.807, 2.05) is 30.3 Å². The molecule has 3 rings (SSSR count). The Kier molecular flexibility index (Phi) is 3.75. The Morgan fingerprint density at radius 3 is 2.62 bits per heavy atom. The van der Waals surface area contributed by atoms with Gasteiger partial charge in [0.1, 0.15) is 4.75 Å². The van der Waals surface area contributed by atoms with E-state index in [2.05, 4.69) is 10.6 Å². The van der Waals surface area contributed by atoms with Crippen LogP contribution in [0.5, 0.6) is 0 Å². The smallest absolute Gasteiger partial charge is 0.220 e. The molecule has 0 aliphatic carbocycles. The monoisotopic (exact) mass is 308 g/mol. The van der Waals surface area contributed by atoms with E-state index in [1.165, 1.54) is 0 Å². The molecule has 114 valence electrons. The van der Waals surface area contributed by atoms with E-state index in [0.717, 1.165) is 5.56 Å². The van der Waals surface area contributed by atoms with Gasteiger partial charge in [-0.3, -0.25) is 4.79 Å². The maximum absolute atomic E-state index is 12.1. The third-order valence-corrected chi connectivity index (χ3v) is 7.18. The number of nitrogens with one attached hydrogen (secondary N) is 2. The van der Waals surface area contributed by atoms with E-state index in [9.17, 15) is 13.2 Å². The molecular weight excluding hydrogens is 288 g/mol. The maximum Gasteiger partial charge on any atom is 0.220 e. The van der Waals surface area contributed by atoms with Crippen LogP contribution in [0.15, 0.2) is 30.3 Å². The summed E-state index contributed by atoms with van der Waals surface area (Å²) in [5.41, 5.74) is 1.12. The van der Waals surface area contributed by atoms with Gasteiger partial charge >= 0.3 is 0 Å². The van der Waals surface area contributed by atoms with Crippen molar-refractivity contribution < 1.29 is 13.2 Å². The molecule has 2 saturated heterocycles. The van der Waals surface area contributed by atoms with E-state index in [1.54, 1.807) is 0 Å². The second-order valence-electron chi connectivity index (χ2n) is 5.88. The van der Waals surface area contributed by atoms with E-state index < -0.39 is 14.6 Å². The first-order valence-corrected chi connectivity index (χ1v) is 8.95. The fourth-order valence-corrected chi connectivity index (χ4v) is 5.37. The fourth-order valence-electron chi connectivity index (χ4n) is 3.17. The molecule has 5 nitrogen and oxygen atoms in total. The van der Waals surface area contributed by atoms with Gasteiger partial charge in [-0.25, -0.2) is 8.42 Å². The van der Waals surface area contributed by atoms with Crippen LogP contribution >= 0.6 is 0 Å². The average Bonchev–Trinajstić information content (AvgIpc) is 2.68. The van der Waals surface area contributed by atoms with Crippen molar-refractivity contribution in [1.82, 2.24) is 10.6 Å². The number of sulfone groups is 1. The van der Waals surface area contributed by atoms with Crippen LogP contribution < -0.4 is 10.6 Å². The normalized spacial score (nSPS) is 25.4. The highest BCUT2D eigenvalue weighted by atomic mass is 32.2. The Morgan fingerprint density at radius 1 is 1.29 bits per heavy atom. The molecule has 2 N–H and O–H groups in total. The van der Waals surface area contributed by atoms with Gasteiger partial charge in [0, 0.05) is 19.5 Å². The number of carbonyl (C=O) groups is 1. The second-order valence-corrected chi connectivity index (χ2v) is 8.33. The molecule has 2 heterocycles. The third kappa shape index (κ3) is 2.58. The van der Waals surface area contributed by atoms with Crippen LogP contribution in [0.1, 0.15) is 18.4 Å². The molecule has 21 heavy (non-hydrogen) atoms. The van der Waals surface area contributed by atoms with E-state index in [4.69, 9.17) is 0 Å². The van der Waals surface area contributed by atoms with Crippen LogP contribution in [0.25, 0.3) is 0 Å². The Bertz CT molecular complexity index is 624. The quantitative estimate of drug-likeness (QED) is 0.837. The molecule has 1 atom stereocenters. The minimum Gasteiger partial charge on any atom is -0.352 e. The van der Waals surface area contributed by atoms with Crippen molar-refractivity contribution >= 4 is 15.7 Å². The van der Waals surface area contributed by atoms with Crippen LogP contribution in [-0.2, 0) is 21.1 Å². The summed E-state index contributed by atoms with van der Waals surface area (Å²) in [4.78, 5) is 12.1. The molecule has 0 radical (unpaired) electrons. The summed E-state index contributed by atoms with van der Waals surface area (Å²) in [5.74, 6) is 0.116. The van der Waals surface area contributed by atoms with Crippen LogP contribution in [0.4, 0.5) is 0 Å². The summed E-state index contributed by atoms with van der Waals surface area (Å²) in [7, 11) is -3.09. The van der Waals surface area contributed by atoms with Crippen molar-refractivity contribution in [2.75, 3.05) is 18.8 Å². The van der Waals surface area contributed by atoms with Crippen molar-refractivity contribution in [2.24, 2.45) is 0 Å². The van der Waals surface area contributed by atoms with E-state index in [0.29, 0.717) is 32.4 Å². The topological polar surface area (TPSA) is 75.3 Å². The fraction of sp³-hybridized carbons (Fsp3) is 0.533. The number of aryl methyl sites for hydroxylation is 1. The summed E-state index contributed by atoms with van der Waals surface area (Å²) < 4.78 is 23.5. The Morgan fingerprint density at radius 2 is 2.00 bits per heavy atom. The lowest BCUT2D eigenvalue weighted by atomic mass is 9.91. The van der Waals surface area contributed by atoms with Gasteiger partial charge in [0.25, 0.3) is 0 Å². The summed E-state index contributed by atoms with van der Waals surface area (Å²) >= 11 is 0. The van der Waals surface area contributed by atoms with Gasteiger partial charge in [-0.15, -0.1) is 0 Å². The van der Waals surface area contributed by atoms with Gasteiger partial charge in [0.15, 0.2) is 9.84 Å². The lowest BCUT2D eigenvalue weighted by molar-refractivity contribution is -0.122. The molecule has 1 unspecified atom stereocenters. The molecule has 0 aromatic heterocycles. The predicted molar refractivity (Wildman–Crippen MR) is 80.7 cm³/mol. The number of hydrogen-bond acceptors (Lipinski definition) is 4. The van der Waals surface area contributed by atoms with E-state index >= 15 is 0 Å². The molecule has 0 bridgehead atoms. The summed E-state index contributed by atoms with van der Waals surface area (Å²) in [5, 5.41) is 5.97.